The Hall–Kier alpha value is -18.4. The molecule has 6 nitrogen and oxygen atoms in total. The van der Waals surface area contributed by atoms with Crippen LogP contribution < -0.4 is 14.7 Å². The van der Waals surface area contributed by atoms with E-state index in [0.717, 1.165) is 68.2 Å². The molecule has 25 rings (SSSR count). The van der Waals surface area contributed by atoms with Gasteiger partial charge in [-0.25, -0.2) is 0 Å². The predicted octanol–water partition coefficient (Wildman–Crippen LogP) is 36.4. The third kappa shape index (κ3) is 16.9. The van der Waals surface area contributed by atoms with Crippen LogP contribution >= 0.6 is 0 Å². The van der Waals surface area contributed by atoms with Crippen LogP contribution in [0.3, 0.4) is 0 Å². The molecule has 25 aromatic rings. The maximum atomic E-state index is 2.40. The summed E-state index contributed by atoms with van der Waals surface area (Å²) in [6.45, 7) is 0. The van der Waals surface area contributed by atoms with Crippen LogP contribution in [-0.4, -0.2) is 13.7 Å². The van der Waals surface area contributed by atoms with Gasteiger partial charge in [-0.1, -0.05) is 388 Å². The first kappa shape index (κ1) is 83.9. The lowest BCUT2D eigenvalue weighted by Crippen LogP contribution is -2.10. The van der Waals surface area contributed by atoms with E-state index in [0.29, 0.717) is 0 Å². The zero-order valence-electron chi connectivity index (χ0n) is 76.0. The Bertz CT molecular complexity index is 8270. The highest BCUT2D eigenvalue weighted by Gasteiger charge is 2.23. The second kappa shape index (κ2) is 38.1. The maximum absolute atomic E-state index is 2.40. The molecule has 22 aromatic carbocycles. The van der Waals surface area contributed by atoms with Crippen molar-refractivity contribution in [3.8, 4) is 95.0 Å². The van der Waals surface area contributed by atoms with E-state index in [1.807, 2.05) is 0 Å². The molecule has 0 saturated carbocycles. The molecule has 138 heavy (non-hydrogen) atoms. The third-order valence-corrected chi connectivity index (χ3v) is 26.4. The van der Waals surface area contributed by atoms with Crippen molar-refractivity contribution in [2.75, 3.05) is 14.7 Å². The fourth-order valence-electron chi connectivity index (χ4n) is 19.7. The minimum Gasteiger partial charge on any atom is -0.311 e. The lowest BCUT2D eigenvalue weighted by Gasteiger charge is -2.26. The van der Waals surface area contributed by atoms with Crippen LogP contribution in [0.1, 0.15) is 0 Å². The number of aromatic nitrogens is 3. The molecular weight excluding hydrogens is 1670 g/mol. The Morgan fingerprint density at radius 3 is 0.464 bits per heavy atom. The summed E-state index contributed by atoms with van der Waals surface area (Å²) in [4.78, 5) is 6.99. The van der Waals surface area contributed by atoms with Gasteiger partial charge in [0.2, 0.25) is 0 Å². The van der Waals surface area contributed by atoms with Gasteiger partial charge in [-0.3, -0.25) is 0 Å². The van der Waals surface area contributed by atoms with Crippen LogP contribution in [0, 0.1) is 0 Å². The summed E-state index contributed by atoms with van der Waals surface area (Å²) >= 11 is 0. The second-order valence-electron chi connectivity index (χ2n) is 34.7. The van der Waals surface area contributed by atoms with E-state index in [9.17, 15) is 0 Å². The lowest BCUT2D eigenvalue weighted by atomic mass is 10.0. The van der Waals surface area contributed by atoms with Gasteiger partial charge >= 0.3 is 0 Å². The Morgan fingerprint density at radius 2 is 0.246 bits per heavy atom. The second-order valence-corrected chi connectivity index (χ2v) is 34.7. The minimum absolute atomic E-state index is 1.10. The van der Waals surface area contributed by atoms with Gasteiger partial charge in [0.15, 0.2) is 0 Å². The lowest BCUT2D eigenvalue weighted by molar-refractivity contribution is 1.17. The van der Waals surface area contributed by atoms with E-state index >= 15 is 0 Å². The van der Waals surface area contributed by atoms with Gasteiger partial charge in [0, 0.05) is 101 Å². The SMILES string of the molecule is c1ccc(-c2ccc(N(c3ccc(-c4ccccc4)cc3)c3ccc(-n4c5ccccc5c5ccc(-c6ccccc6)cc54)cc3)cc2)cc1.c1ccc(-c2ccc(N(c3ccc(-c4ccccc4)cc3)c3ccc(-n4c5ccccc5c5ccccc54)cc3)cc2)cc1.c1ccc(-c2ccc(N(c3ccccc3)c3ccc(-n4c5ccccc5c5ccc(-c6ccccc6)cc54)cc3)cc2)cc1. The summed E-state index contributed by atoms with van der Waals surface area (Å²) in [7, 11) is 0. The van der Waals surface area contributed by atoms with E-state index in [1.54, 1.807) is 0 Å². The van der Waals surface area contributed by atoms with Crippen molar-refractivity contribution in [1.82, 2.24) is 13.7 Å². The number of hydrogen-bond acceptors (Lipinski definition) is 3. The van der Waals surface area contributed by atoms with Crippen molar-refractivity contribution in [1.29, 1.82) is 0 Å². The molecule has 0 bridgehead atoms. The number of hydrogen-bond donors (Lipinski definition) is 0. The van der Waals surface area contributed by atoms with Crippen molar-refractivity contribution >= 4 is 117 Å². The first-order chi connectivity index (χ1) is 68.5. The smallest absolute Gasteiger partial charge is 0.0547 e. The summed E-state index contributed by atoms with van der Waals surface area (Å²) in [5, 5.41) is 7.56. The Morgan fingerprint density at radius 1 is 0.101 bits per heavy atom. The number of benzene rings is 22. The van der Waals surface area contributed by atoms with Crippen molar-refractivity contribution < 1.29 is 0 Å². The molecule has 0 N–H and O–H groups in total. The Labute approximate surface area is 804 Å². The number of para-hydroxylation sites is 5. The third-order valence-electron chi connectivity index (χ3n) is 26.4. The van der Waals surface area contributed by atoms with Crippen LogP contribution in [0.25, 0.3) is 160 Å². The molecule has 0 aliphatic rings. The van der Waals surface area contributed by atoms with Crippen LogP contribution in [0.2, 0.25) is 0 Å². The van der Waals surface area contributed by atoms with Crippen LogP contribution in [0.5, 0.6) is 0 Å². The van der Waals surface area contributed by atoms with E-state index in [-0.39, 0.29) is 0 Å². The highest BCUT2D eigenvalue weighted by Crippen LogP contribution is 2.45. The zero-order valence-corrected chi connectivity index (χ0v) is 76.0. The molecule has 0 fully saturated rings. The number of fused-ring (bicyclic) bond motifs is 9. The molecular formula is C132H94N6. The average molecular weight is 1760 g/mol. The molecule has 0 saturated heterocycles. The summed E-state index contributed by atoms with van der Waals surface area (Å²) in [6, 6.07) is 204. The highest BCUT2D eigenvalue weighted by molar-refractivity contribution is 6.13. The fourth-order valence-corrected chi connectivity index (χ4v) is 19.7. The standard InChI is InChI=1S/C48H34N2.2C42H30N2/c1-4-12-35(13-5-1)38-20-25-41(26-21-38)49(42-27-22-39(23-28-42)36-14-6-2-7-15-36)43-29-31-44(32-30-43)50-47-19-11-10-18-45(47)46-33-24-40(34-48(46)50)37-16-8-3-9-17-37;1-4-12-31(13-5-1)33-20-23-36(24-21-33)43(35-16-8-3-9-17-35)37-25-27-38(28-26-37)44-41-19-11-10-18-39(41)40-29-22-34(30-42(40)44)32-14-6-2-7-15-32;1-3-11-31(12-4-1)33-19-23-35(24-20-33)43(36-25-21-34(22-26-36)32-13-5-2-6-14-32)37-27-29-38(30-28-37)44-41-17-9-7-15-39(41)40-16-8-10-18-42(40)44/h1-34H;2*1-30H. The molecule has 3 heterocycles. The first-order valence-electron chi connectivity index (χ1n) is 47.2. The molecule has 3 aromatic heterocycles. The molecule has 0 unspecified atom stereocenters. The average Bonchev–Trinajstić information content (AvgIpc) is 1.64. The predicted molar refractivity (Wildman–Crippen MR) is 584 cm³/mol. The quantitative estimate of drug-likeness (QED) is 0.0806. The van der Waals surface area contributed by atoms with E-state index in [4.69, 9.17) is 0 Å². The zero-order chi connectivity index (χ0) is 91.9. The number of nitrogens with zero attached hydrogens (tertiary/aromatic N) is 6. The normalized spacial score (nSPS) is 11.2. The maximum Gasteiger partial charge on any atom is 0.0547 e. The molecule has 0 atom stereocenters. The van der Waals surface area contributed by atoms with Gasteiger partial charge in [-0.2, -0.15) is 0 Å². The molecule has 0 aliphatic carbocycles. The largest absolute Gasteiger partial charge is 0.311 e. The topological polar surface area (TPSA) is 24.5 Å². The molecule has 6 heteroatoms. The van der Waals surface area contributed by atoms with Gasteiger partial charge in [-0.05, 0) is 260 Å². The Kier molecular flexibility index (Phi) is 23.2. The van der Waals surface area contributed by atoms with Gasteiger partial charge < -0.3 is 28.4 Å². The summed E-state index contributed by atoms with van der Waals surface area (Å²) in [5.41, 5.74) is 37.6. The highest BCUT2D eigenvalue weighted by atomic mass is 15.2. The summed E-state index contributed by atoms with van der Waals surface area (Å²) in [5.74, 6) is 0. The van der Waals surface area contributed by atoms with Gasteiger partial charge in [0.1, 0.15) is 0 Å². The summed E-state index contributed by atoms with van der Waals surface area (Å²) < 4.78 is 7.15. The van der Waals surface area contributed by atoms with Crippen molar-refractivity contribution in [3.63, 3.8) is 0 Å². The van der Waals surface area contributed by atoms with E-state index in [1.165, 1.54) is 143 Å². The first-order valence-corrected chi connectivity index (χ1v) is 47.2. The Balaban J connectivity index is 0.000000116. The number of anilines is 9. The van der Waals surface area contributed by atoms with Gasteiger partial charge in [0.05, 0.1) is 33.1 Å². The van der Waals surface area contributed by atoms with E-state index < -0.39 is 0 Å². The fraction of sp³-hybridized carbons (Fsp3) is 0. The van der Waals surface area contributed by atoms with Crippen molar-refractivity contribution in [2.24, 2.45) is 0 Å². The van der Waals surface area contributed by atoms with E-state index in [2.05, 4.69) is 599 Å². The van der Waals surface area contributed by atoms with Gasteiger partial charge in [-0.15, -0.1) is 0 Å². The van der Waals surface area contributed by atoms with Gasteiger partial charge in [0.25, 0.3) is 0 Å². The van der Waals surface area contributed by atoms with Crippen molar-refractivity contribution in [2.45, 2.75) is 0 Å². The molecule has 0 spiro atoms. The van der Waals surface area contributed by atoms with Crippen molar-refractivity contribution in [3.05, 3.63) is 570 Å². The molecule has 0 amide bonds. The van der Waals surface area contributed by atoms with Crippen LogP contribution in [0.4, 0.5) is 51.2 Å². The minimum atomic E-state index is 1.10. The molecule has 0 radical (unpaired) electrons. The molecule has 652 valence electrons. The van der Waals surface area contributed by atoms with Crippen LogP contribution in [0.15, 0.2) is 570 Å². The molecule has 0 aliphatic heterocycles. The summed E-state index contributed by atoms with van der Waals surface area (Å²) in [6.07, 6.45) is 0. The van der Waals surface area contributed by atoms with Crippen LogP contribution in [-0.2, 0) is 0 Å². The monoisotopic (exact) mass is 1760 g/mol. The number of rotatable bonds is 19.